The summed E-state index contributed by atoms with van der Waals surface area (Å²) in [5.74, 6) is 1.67. The van der Waals surface area contributed by atoms with Crippen molar-refractivity contribution in [2.45, 2.75) is 0 Å². The van der Waals surface area contributed by atoms with E-state index in [9.17, 15) is 0 Å². The number of aromatic nitrogens is 4. The van der Waals surface area contributed by atoms with Crippen molar-refractivity contribution in [3.8, 4) is 39.9 Å². The maximum absolute atomic E-state index is 6.81. The average Bonchev–Trinajstić information content (AvgIpc) is 4.02. The molecule has 0 aliphatic carbocycles. The Morgan fingerprint density at radius 2 is 1.02 bits per heavy atom. The van der Waals surface area contributed by atoms with Gasteiger partial charge < -0.3 is 13.4 Å². The van der Waals surface area contributed by atoms with Crippen LogP contribution in [0, 0.1) is 0 Å². The molecule has 6 nitrogen and oxygen atoms in total. The number of nitrogens with zero attached hydrogens (tertiary/aromatic N) is 4. The van der Waals surface area contributed by atoms with Gasteiger partial charge in [-0.1, -0.05) is 133 Å². The molecule has 10 aromatic carbocycles. The summed E-state index contributed by atoms with van der Waals surface area (Å²) >= 11 is 0. The molecule has 14 aromatic rings. The quantitative estimate of drug-likeness (QED) is 0.177. The van der Waals surface area contributed by atoms with Crippen LogP contribution >= 0.6 is 0 Å². The fourth-order valence-electron chi connectivity index (χ4n) is 9.89. The zero-order valence-corrected chi connectivity index (χ0v) is 33.6. The summed E-state index contributed by atoms with van der Waals surface area (Å²) in [4.78, 5) is 15.3. The summed E-state index contributed by atoms with van der Waals surface area (Å²) in [5, 5.41) is 13.9. The van der Waals surface area contributed by atoms with Gasteiger partial charge in [0.15, 0.2) is 17.5 Å². The van der Waals surface area contributed by atoms with E-state index in [1.807, 2.05) is 60.7 Å². The number of rotatable bonds is 4. The molecule has 0 N–H and O–H groups in total. The van der Waals surface area contributed by atoms with Crippen molar-refractivity contribution in [2.75, 3.05) is 0 Å². The van der Waals surface area contributed by atoms with Crippen LogP contribution in [0.15, 0.2) is 203 Å². The van der Waals surface area contributed by atoms with Gasteiger partial charge in [0.2, 0.25) is 0 Å². The summed E-state index contributed by atoms with van der Waals surface area (Å²) in [6.07, 6.45) is 0. The van der Waals surface area contributed by atoms with Crippen molar-refractivity contribution in [3.63, 3.8) is 0 Å². The molecule has 0 bridgehead atoms. The molecule has 6 heteroatoms. The van der Waals surface area contributed by atoms with Crippen molar-refractivity contribution < 1.29 is 8.83 Å². The van der Waals surface area contributed by atoms with E-state index < -0.39 is 0 Å². The van der Waals surface area contributed by atoms with Gasteiger partial charge in [-0.15, -0.1) is 0 Å². The van der Waals surface area contributed by atoms with Gasteiger partial charge in [-0.3, -0.25) is 0 Å². The van der Waals surface area contributed by atoms with Crippen molar-refractivity contribution >= 4 is 98.0 Å². The first kappa shape index (κ1) is 34.1. The van der Waals surface area contributed by atoms with Gasteiger partial charge in [0.1, 0.15) is 22.3 Å². The second-order valence-corrected chi connectivity index (χ2v) is 16.3. The second kappa shape index (κ2) is 12.9. The van der Waals surface area contributed by atoms with Gasteiger partial charge in [-0.05, 0) is 93.0 Å². The molecule has 292 valence electrons. The minimum absolute atomic E-state index is 0.534. The molecular formula is C57H32N4O2. The Hall–Kier alpha value is -8.61. The predicted molar refractivity (Wildman–Crippen MR) is 258 cm³/mol. The lowest BCUT2D eigenvalue weighted by molar-refractivity contribution is 0.668. The molecule has 0 fully saturated rings. The van der Waals surface area contributed by atoms with Crippen molar-refractivity contribution in [1.82, 2.24) is 19.5 Å². The Kier molecular flexibility index (Phi) is 7.02. The van der Waals surface area contributed by atoms with Gasteiger partial charge in [0.05, 0.1) is 16.6 Å². The van der Waals surface area contributed by atoms with Gasteiger partial charge >= 0.3 is 0 Å². The Bertz CT molecular complexity index is 4220. The van der Waals surface area contributed by atoms with Crippen LogP contribution in [0.4, 0.5) is 0 Å². The number of hydrogen-bond acceptors (Lipinski definition) is 5. The predicted octanol–water partition coefficient (Wildman–Crippen LogP) is 15.2. The van der Waals surface area contributed by atoms with Crippen LogP contribution < -0.4 is 0 Å². The van der Waals surface area contributed by atoms with E-state index in [1.165, 1.54) is 43.4 Å². The second-order valence-electron chi connectivity index (χ2n) is 16.3. The molecule has 63 heavy (non-hydrogen) atoms. The molecule has 0 spiro atoms. The van der Waals surface area contributed by atoms with E-state index in [2.05, 4.69) is 138 Å². The zero-order chi connectivity index (χ0) is 41.2. The molecule has 0 atom stereocenters. The van der Waals surface area contributed by atoms with Gasteiger partial charge in [-0.2, -0.15) is 0 Å². The summed E-state index contributed by atoms with van der Waals surface area (Å²) in [6, 6.07) is 68.2. The smallest absolute Gasteiger partial charge is 0.167 e. The lowest BCUT2D eigenvalue weighted by Gasteiger charge is -2.11. The molecule has 4 heterocycles. The molecule has 0 aliphatic heterocycles. The molecule has 0 unspecified atom stereocenters. The largest absolute Gasteiger partial charge is 0.456 e. The maximum atomic E-state index is 6.81. The number of benzene rings is 10. The van der Waals surface area contributed by atoms with Gasteiger partial charge in [0.25, 0.3) is 0 Å². The first-order chi connectivity index (χ1) is 31.2. The highest BCUT2D eigenvalue weighted by Gasteiger charge is 2.21. The number of fused-ring (bicyclic) bond motifs is 14. The van der Waals surface area contributed by atoms with Crippen LogP contribution in [0.2, 0.25) is 0 Å². The summed E-state index contributed by atoms with van der Waals surface area (Å²) in [6.45, 7) is 0. The van der Waals surface area contributed by atoms with E-state index in [0.717, 1.165) is 77.0 Å². The highest BCUT2D eigenvalue weighted by atomic mass is 16.3. The third-order valence-corrected chi connectivity index (χ3v) is 12.8. The SMILES string of the molecule is c1ccc(-c2nc(-c3ccc4c(c3)oc3ccccc34)nc(-c3cccc4c3oc3ccc5cc(-n6c7cc8ccccc8cc7c7c8ccccc8ccc76)ccc5c34)n2)cc1. The Balaban J connectivity index is 0.952. The highest BCUT2D eigenvalue weighted by Crippen LogP contribution is 2.42. The summed E-state index contributed by atoms with van der Waals surface area (Å²) in [7, 11) is 0. The number of hydrogen-bond donors (Lipinski definition) is 0. The van der Waals surface area contributed by atoms with Crippen molar-refractivity contribution in [2.24, 2.45) is 0 Å². The van der Waals surface area contributed by atoms with E-state index in [0.29, 0.717) is 17.5 Å². The van der Waals surface area contributed by atoms with E-state index in [-0.39, 0.29) is 0 Å². The van der Waals surface area contributed by atoms with Crippen molar-refractivity contribution in [1.29, 1.82) is 0 Å². The van der Waals surface area contributed by atoms with Crippen LogP contribution in [0.3, 0.4) is 0 Å². The molecule has 0 amide bonds. The minimum atomic E-state index is 0.534. The molecule has 14 rings (SSSR count). The number of furan rings is 2. The monoisotopic (exact) mass is 804 g/mol. The summed E-state index contributed by atoms with van der Waals surface area (Å²) < 4.78 is 15.5. The maximum Gasteiger partial charge on any atom is 0.167 e. The third kappa shape index (κ3) is 5.09. The van der Waals surface area contributed by atoms with Gasteiger partial charge in [0, 0.05) is 49.1 Å². The highest BCUT2D eigenvalue weighted by molar-refractivity contribution is 6.24. The standard InChI is InChI=1S/C57H32N4O2/c1-2-12-34(13-3-1)55-58-56(38-21-25-43-42-17-8-9-20-49(42)62-51(43)32-38)60-57(59-55)45-19-10-18-44-53-41-26-24-39(29-37(41)23-28-50(53)63-54(44)45)61-47-27-22-33-11-6-7-16-40(33)52(47)46-30-35-14-4-5-15-36(35)31-48(46)61/h1-32H. The van der Waals surface area contributed by atoms with Crippen molar-refractivity contribution in [3.05, 3.63) is 194 Å². The average molecular weight is 805 g/mol. The molecular weight excluding hydrogens is 773 g/mol. The molecule has 0 saturated heterocycles. The van der Waals surface area contributed by atoms with E-state index in [1.54, 1.807) is 0 Å². The molecule has 4 aromatic heterocycles. The van der Waals surface area contributed by atoms with Crippen LogP contribution in [0.5, 0.6) is 0 Å². The third-order valence-electron chi connectivity index (χ3n) is 12.8. The Morgan fingerprint density at radius 3 is 1.90 bits per heavy atom. The van der Waals surface area contributed by atoms with Crippen LogP contribution in [-0.4, -0.2) is 19.5 Å². The van der Waals surface area contributed by atoms with Gasteiger partial charge in [-0.25, -0.2) is 15.0 Å². The first-order valence-electron chi connectivity index (χ1n) is 21.2. The first-order valence-corrected chi connectivity index (χ1v) is 21.2. The van der Waals surface area contributed by atoms with Crippen LogP contribution in [-0.2, 0) is 0 Å². The van der Waals surface area contributed by atoms with E-state index in [4.69, 9.17) is 23.8 Å². The fourth-order valence-corrected chi connectivity index (χ4v) is 9.89. The Labute approximate surface area is 358 Å². The lowest BCUT2D eigenvalue weighted by atomic mass is 10.0. The van der Waals surface area contributed by atoms with Crippen LogP contribution in [0.1, 0.15) is 0 Å². The molecule has 0 aliphatic rings. The summed E-state index contributed by atoms with van der Waals surface area (Å²) in [5.41, 5.74) is 9.17. The molecule has 0 saturated carbocycles. The molecule has 0 radical (unpaired) electrons. The lowest BCUT2D eigenvalue weighted by Crippen LogP contribution is -2.00. The Morgan fingerprint density at radius 1 is 0.333 bits per heavy atom. The minimum Gasteiger partial charge on any atom is -0.456 e. The van der Waals surface area contributed by atoms with Crippen LogP contribution in [0.25, 0.3) is 138 Å². The van der Waals surface area contributed by atoms with E-state index >= 15 is 0 Å². The number of para-hydroxylation sites is 2. The normalized spacial score (nSPS) is 12.1. The zero-order valence-electron chi connectivity index (χ0n) is 33.6. The topological polar surface area (TPSA) is 69.9 Å². The fraction of sp³-hybridized carbons (Fsp3) is 0.